The van der Waals surface area contributed by atoms with Crippen LogP contribution in [0.3, 0.4) is 0 Å². The molecule has 0 aliphatic carbocycles. The van der Waals surface area contributed by atoms with Crippen LogP contribution >= 0.6 is 0 Å². The smallest absolute Gasteiger partial charge is 0.221 e. The maximum absolute atomic E-state index is 11.3. The number of rotatable bonds is 6. The van der Waals surface area contributed by atoms with Crippen LogP contribution in [0.2, 0.25) is 0 Å². The van der Waals surface area contributed by atoms with Crippen molar-refractivity contribution in [1.29, 1.82) is 0 Å². The number of nitrogens with one attached hydrogen (secondary N) is 1. The van der Waals surface area contributed by atoms with Gasteiger partial charge in [-0.15, -0.1) is 6.42 Å². The Labute approximate surface area is 86.2 Å². The van der Waals surface area contributed by atoms with E-state index in [1.807, 2.05) is 13.8 Å². The maximum atomic E-state index is 11.3. The topological polar surface area (TPSA) is 38.3 Å². The summed E-state index contributed by atoms with van der Waals surface area (Å²) in [7, 11) is 1.64. The third-order valence-corrected chi connectivity index (χ3v) is 2.12. The summed E-state index contributed by atoms with van der Waals surface area (Å²) in [6.07, 6.45) is 7.30. The van der Waals surface area contributed by atoms with Gasteiger partial charge in [-0.2, -0.15) is 0 Å². The number of hydrogen-bond donors (Lipinski definition) is 1. The Balaban J connectivity index is 3.71. The van der Waals surface area contributed by atoms with Crippen molar-refractivity contribution in [1.82, 2.24) is 5.32 Å². The standard InChI is InChI=1S/C11H19NO2/c1-5-10(6-2)12-11(13)8-7-9(3)14-4/h1,9-10H,6-8H2,2-4H3,(H,12,13). The molecule has 0 heterocycles. The second-order valence-corrected chi connectivity index (χ2v) is 3.28. The first-order chi connectivity index (χ1) is 6.63. The average molecular weight is 197 g/mol. The molecule has 2 unspecified atom stereocenters. The minimum atomic E-state index is -0.139. The quantitative estimate of drug-likeness (QED) is 0.652. The molecule has 14 heavy (non-hydrogen) atoms. The van der Waals surface area contributed by atoms with Gasteiger partial charge in [0.1, 0.15) is 0 Å². The lowest BCUT2D eigenvalue weighted by atomic mass is 10.2. The van der Waals surface area contributed by atoms with Gasteiger partial charge in [0.05, 0.1) is 12.1 Å². The van der Waals surface area contributed by atoms with Gasteiger partial charge in [0.25, 0.3) is 0 Å². The van der Waals surface area contributed by atoms with Crippen molar-refractivity contribution in [2.75, 3.05) is 7.11 Å². The summed E-state index contributed by atoms with van der Waals surface area (Å²) in [5, 5.41) is 2.77. The van der Waals surface area contributed by atoms with E-state index in [9.17, 15) is 4.79 Å². The molecule has 0 aliphatic heterocycles. The van der Waals surface area contributed by atoms with Crippen LogP contribution in [0.15, 0.2) is 0 Å². The number of amides is 1. The van der Waals surface area contributed by atoms with Gasteiger partial charge in [0, 0.05) is 13.5 Å². The second-order valence-electron chi connectivity index (χ2n) is 3.28. The van der Waals surface area contributed by atoms with E-state index in [-0.39, 0.29) is 18.1 Å². The monoisotopic (exact) mass is 197 g/mol. The molecule has 0 radical (unpaired) electrons. The Bertz CT molecular complexity index is 208. The number of carbonyl (C=O) groups is 1. The molecular formula is C11H19NO2. The van der Waals surface area contributed by atoms with E-state index in [0.29, 0.717) is 6.42 Å². The Morgan fingerprint density at radius 2 is 2.29 bits per heavy atom. The molecule has 1 amide bonds. The molecule has 0 aromatic rings. The van der Waals surface area contributed by atoms with Crippen molar-refractivity contribution in [3.8, 4) is 12.3 Å². The third-order valence-electron chi connectivity index (χ3n) is 2.12. The molecule has 0 rings (SSSR count). The highest BCUT2D eigenvalue weighted by Gasteiger charge is 2.08. The van der Waals surface area contributed by atoms with Gasteiger partial charge in [0.2, 0.25) is 5.91 Å². The van der Waals surface area contributed by atoms with E-state index in [4.69, 9.17) is 11.2 Å². The van der Waals surface area contributed by atoms with E-state index < -0.39 is 0 Å². The van der Waals surface area contributed by atoms with Crippen LogP contribution in [0, 0.1) is 12.3 Å². The Morgan fingerprint density at radius 3 is 2.71 bits per heavy atom. The van der Waals surface area contributed by atoms with Crippen molar-refractivity contribution < 1.29 is 9.53 Å². The number of ether oxygens (including phenoxy) is 1. The summed E-state index contributed by atoms with van der Waals surface area (Å²) in [6.45, 7) is 3.88. The highest BCUT2D eigenvalue weighted by molar-refractivity contribution is 5.76. The molecule has 3 nitrogen and oxygen atoms in total. The van der Waals surface area contributed by atoms with Gasteiger partial charge in [-0.3, -0.25) is 4.79 Å². The van der Waals surface area contributed by atoms with Crippen LogP contribution in [0.25, 0.3) is 0 Å². The first kappa shape index (κ1) is 13.0. The van der Waals surface area contributed by atoms with Gasteiger partial charge >= 0.3 is 0 Å². The molecule has 80 valence electrons. The molecular weight excluding hydrogens is 178 g/mol. The predicted octanol–water partition coefficient (Wildman–Crippen LogP) is 1.33. The van der Waals surface area contributed by atoms with E-state index in [1.165, 1.54) is 0 Å². The zero-order chi connectivity index (χ0) is 11.0. The van der Waals surface area contributed by atoms with E-state index in [1.54, 1.807) is 7.11 Å². The fourth-order valence-corrected chi connectivity index (χ4v) is 0.980. The molecule has 0 saturated carbocycles. The molecule has 0 aromatic carbocycles. The largest absolute Gasteiger partial charge is 0.382 e. The SMILES string of the molecule is C#CC(CC)NC(=O)CCC(C)OC. The Morgan fingerprint density at radius 1 is 1.64 bits per heavy atom. The van der Waals surface area contributed by atoms with E-state index >= 15 is 0 Å². The van der Waals surface area contributed by atoms with Crippen LogP contribution in [0.1, 0.15) is 33.1 Å². The second kappa shape index (κ2) is 7.40. The third kappa shape index (κ3) is 5.60. The van der Waals surface area contributed by atoms with E-state index in [2.05, 4.69) is 11.2 Å². The van der Waals surface area contributed by atoms with Crippen LogP contribution < -0.4 is 5.32 Å². The summed E-state index contributed by atoms with van der Waals surface area (Å²) in [4.78, 5) is 11.3. The highest BCUT2D eigenvalue weighted by Crippen LogP contribution is 2.00. The normalized spacial score (nSPS) is 14.1. The number of hydrogen-bond acceptors (Lipinski definition) is 2. The van der Waals surface area contributed by atoms with Crippen LogP contribution in [0.4, 0.5) is 0 Å². The predicted molar refractivity (Wildman–Crippen MR) is 56.8 cm³/mol. The minimum Gasteiger partial charge on any atom is -0.382 e. The number of terminal acetylenes is 1. The highest BCUT2D eigenvalue weighted by atomic mass is 16.5. The molecule has 1 N–H and O–H groups in total. The number of methoxy groups -OCH3 is 1. The lowest BCUT2D eigenvalue weighted by Gasteiger charge is -2.12. The molecule has 3 heteroatoms. The minimum absolute atomic E-state index is 0.00120. The van der Waals surface area contributed by atoms with Crippen LogP contribution in [-0.2, 0) is 9.53 Å². The first-order valence-corrected chi connectivity index (χ1v) is 4.92. The zero-order valence-corrected chi connectivity index (χ0v) is 9.17. The van der Waals surface area contributed by atoms with Gasteiger partial charge in [0.15, 0.2) is 0 Å². The molecule has 0 bridgehead atoms. The maximum Gasteiger partial charge on any atom is 0.221 e. The molecule has 0 fully saturated rings. The first-order valence-electron chi connectivity index (χ1n) is 4.92. The summed E-state index contributed by atoms with van der Waals surface area (Å²) >= 11 is 0. The van der Waals surface area contributed by atoms with Crippen molar-refractivity contribution in [2.45, 2.75) is 45.3 Å². The molecule has 0 aromatic heterocycles. The van der Waals surface area contributed by atoms with Crippen molar-refractivity contribution in [3.05, 3.63) is 0 Å². The number of carbonyl (C=O) groups excluding carboxylic acids is 1. The lowest BCUT2D eigenvalue weighted by molar-refractivity contribution is -0.122. The van der Waals surface area contributed by atoms with Gasteiger partial charge in [-0.05, 0) is 19.8 Å². The Kier molecular flexibility index (Phi) is 6.87. The van der Waals surface area contributed by atoms with Crippen molar-refractivity contribution >= 4 is 5.91 Å². The summed E-state index contributed by atoms with van der Waals surface area (Å²) < 4.78 is 5.04. The molecule has 2 atom stereocenters. The van der Waals surface area contributed by atoms with Crippen molar-refractivity contribution in [3.63, 3.8) is 0 Å². The zero-order valence-electron chi connectivity index (χ0n) is 9.17. The molecule has 0 aliphatic rings. The van der Waals surface area contributed by atoms with E-state index in [0.717, 1.165) is 12.8 Å². The summed E-state index contributed by atoms with van der Waals surface area (Å²) in [6, 6.07) is -0.139. The fraction of sp³-hybridized carbons (Fsp3) is 0.727. The van der Waals surface area contributed by atoms with Crippen LogP contribution in [-0.4, -0.2) is 25.2 Å². The Hall–Kier alpha value is -1.01. The van der Waals surface area contributed by atoms with Crippen molar-refractivity contribution in [2.24, 2.45) is 0 Å². The molecule has 0 saturated heterocycles. The van der Waals surface area contributed by atoms with Gasteiger partial charge < -0.3 is 10.1 Å². The van der Waals surface area contributed by atoms with Gasteiger partial charge in [-0.25, -0.2) is 0 Å². The summed E-state index contributed by atoms with van der Waals surface area (Å²) in [5.74, 6) is 2.52. The fourth-order valence-electron chi connectivity index (χ4n) is 0.980. The average Bonchev–Trinajstić information content (AvgIpc) is 2.22. The molecule has 0 spiro atoms. The lowest BCUT2D eigenvalue weighted by Crippen LogP contribution is -2.33. The summed E-state index contributed by atoms with van der Waals surface area (Å²) in [5.41, 5.74) is 0. The van der Waals surface area contributed by atoms with Gasteiger partial charge in [-0.1, -0.05) is 12.8 Å². The van der Waals surface area contributed by atoms with Crippen LogP contribution in [0.5, 0.6) is 0 Å².